The van der Waals surface area contributed by atoms with Gasteiger partial charge in [0.2, 0.25) is 0 Å². The molecule has 1 saturated heterocycles. The number of piperazine rings is 1. The standard InChI is InChI=1S/C15H23ClN4S.HI/c1-21-12-2-7-18-15(17)20-10-8-19(9-11-20)14-5-3-13(16)4-6-14;/h3-6H,2,7-12H2,1H3,(H2,17,18);1H. The number of halogens is 2. The van der Waals surface area contributed by atoms with Crippen LogP contribution in [-0.4, -0.2) is 55.6 Å². The normalized spacial score (nSPS) is 15.6. The van der Waals surface area contributed by atoms with Crippen molar-refractivity contribution in [2.75, 3.05) is 49.6 Å². The van der Waals surface area contributed by atoms with Crippen LogP contribution < -0.4 is 10.6 Å². The maximum atomic E-state index is 6.07. The van der Waals surface area contributed by atoms with Gasteiger partial charge in [-0.15, -0.1) is 24.0 Å². The van der Waals surface area contributed by atoms with Gasteiger partial charge in [0.05, 0.1) is 0 Å². The Kier molecular flexibility index (Phi) is 9.35. The van der Waals surface area contributed by atoms with Gasteiger partial charge in [-0.3, -0.25) is 4.99 Å². The van der Waals surface area contributed by atoms with Crippen LogP contribution >= 0.6 is 47.3 Å². The molecule has 1 aromatic rings. The smallest absolute Gasteiger partial charge is 0.191 e. The first-order valence-electron chi connectivity index (χ1n) is 7.25. The molecule has 0 aliphatic carbocycles. The van der Waals surface area contributed by atoms with Crippen LogP contribution in [0.25, 0.3) is 0 Å². The van der Waals surface area contributed by atoms with Crippen molar-refractivity contribution in [2.45, 2.75) is 6.42 Å². The van der Waals surface area contributed by atoms with Crippen molar-refractivity contribution in [3.05, 3.63) is 29.3 Å². The molecule has 1 fully saturated rings. The molecule has 0 atom stereocenters. The lowest BCUT2D eigenvalue weighted by atomic mass is 10.2. The molecule has 0 saturated carbocycles. The highest BCUT2D eigenvalue weighted by Gasteiger charge is 2.18. The Balaban J connectivity index is 0.00000242. The minimum Gasteiger partial charge on any atom is -0.370 e. The molecule has 7 heteroatoms. The second-order valence-electron chi connectivity index (χ2n) is 5.04. The molecule has 1 aromatic carbocycles. The van der Waals surface area contributed by atoms with Crippen molar-refractivity contribution in [1.82, 2.24) is 4.90 Å². The Morgan fingerprint density at radius 2 is 1.86 bits per heavy atom. The molecule has 1 aliphatic rings. The van der Waals surface area contributed by atoms with Crippen LogP contribution in [-0.2, 0) is 0 Å². The second-order valence-corrected chi connectivity index (χ2v) is 6.46. The summed E-state index contributed by atoms with van der Waals surface area (Å²) in [5, 5.41) is 0.777. The van der Waals surface area contributed by atoms with Crippen LogP contribution in [0.15, 0.2) is 29.3 Å². The van der Waals surface area contributed by atoms with E-state index in [9.17, 15) is 0 Å². The van der Waals surface area contributed by atoms with Crippen molar-refractivity contribution in [3.8, 4) is 0 Å². The minimum absolute atomic E-state index is 0. The molecule has 0 spiro atoms. The van der Waals surface area contributed by atoms with E-state index >= 15 is 0 Å². The zero-order chi connectivity index (χ0) is 15.1. The van der Waals surface area contributed by atoms with Crippen LogP contribution in [0.5, 0.6) is 0 Å². The fourth-order valence-electron chi connectivity index (χ4n) is 2.35. The molecule has 0 amide bonds. The zero-order valence-corrected chi connectivity index (χ0v) is 16.8. The largest absolute Gasteiger partial charge is 0.370 e. The Labute approximate surface area is 159 Å². The highest BCUT2D eigenvalue weighted by Crippen LogP contribution is 2.19. The topological polar surface area (TPSA) is 44.9 Å². The molecule has 1 aliphatic heterocycles. The van der Waals surface area contributed by atoms with Gasteiger partial charge in [0.1, 0.15) is 0 Å². The first-order valence-corrected chi connectivity index (χ1v) is 9.02. The summed E-state index contributed by atoms with van der Waals surface area (Å²) in [5.41, 5.74) is 7.28. The van der Waals surface area contributed by atoms with Gasteiger partial charge in [0.15, 0.2) is 5.96 Å². The molecule has 0 aromatic heterocycles. The summed E-state index contributed by atoms with van der Waals surface area (Å²) in [6.45, 7) is 4.58. The number of hydrogen-bond donors (Lipinski definition) is 1. The molecule has 2 N–H and O–H groups in total. The number of benzene rings is 1. The summed E-state index contributed by atoms with van der Waals surface area (Å²) < 4.78 is 0. The highest BCUT2D eigenvalue weighted by atomic mass is 127. The third-order valence-electron chi connectivity index (χ3n) is 3.58. The van der Waals surface area contributed by atoms with E-state index in [4.69, 9.17) is 17.3 Å². The van der Waals surface area contributed by atoms with Crippen LogP contribution in [0.3, 0.4) is 0 Å². The van der Waals surface area contributed by atoms with Gasteiger partial charge in [0, 0.05) is 43.4 Å². The Bertz CT molecular complexity index is 461. The molecular formula is C15H24ClIN4S. The SMILES string of the molecule is CSCCCN=C(N)N1CCN(c2ccc(Cl)cc2)CC1.I. The van der Waals surface area contributed by atoms with Gasteiger partial charge in [-0.1, -0.05) is 11.6 Å². The van der Waals surface area contributed by atoms with Crippen molar-refractivity contribution < 1.29 is 0 Å². The Morgan fingerprint density at radius 3 is 2.45 bits per heavy atom. The monoisotopic (exact) mass is 454 g/mol. The molecular weight excluding hydrogens is 431 g/mol. The average Bonchev–Trinajstić information content (AvgIpc) is 2.52. The summed E-state index contributed by atoms with van der Waals surface area (Å²) in [4.78, 5) is 8.99. The molecule has 1 heterocycles. The summed E-state index contributed by atoms with van der Waals surface area (Å²) in [6.07, 6.45) is 3.20. The zero-order valence-electron chi connectivity index (χ0n) is 12.9. The van der Waals surface area contributed by atoms with E-state index in [2.05, 4.69) is 33.2 Å². The number of thioether (sulfide) groups is 1. The van der Waals surface area contributed by atoms with Gasteiger partial charge in [0.25, 0.3) is 0 Å². The predicted octanol–water partition coefficient (Wildman–Crippen LogP) is 3.15. The van der Waals surface area contributed by atoms with E-state index in [1.165, 1.54) is 5.69 Å². The second kappa shape index (κ2) is 10.4. The van der Waals surface area contributed by atoms with Gasteiger partial charge in [-0.05, 0) is 42.7 Å². The molecule has 124 valence electrons. The number of anilines is 1. The van der Waals surface area contributed by atoms with Gasteiger partial charge in [-0.2, -0.15) is 11.8 Å². The molecule has 0 radical (unpaired) electrons. The number of guanidine groups is 1. The van der Waals surface area contributed by atoms with E-state index in [0.717, 1.165) is 49.9 Å². The lowest BCUT2D eigenvalue weighted by molar-refractivity contribution is 0.381. The molecule has 2 rings (SSSR count). The summed E-state index contributed by atoms with van der Waals surface area (Å²) in [6, 6.07) is 8.01. The number of nitrogens with zero attached hydrogens (tertiary/aromatic N) is 3. The van der Waals surface area contributed by atoms with Gasteiger partial charge >= 0.3 is 0 Å². The van der Waals surface area contributed by atoms with Crippen LogP contribution in [0, 0.1) is 0 Å². The third-order valence-corrected chi connectivity index (χ3v) is 4.52. The van der Waals surface area contributed by atoms with E-state index in [0.29, 0.717) is 5.96 Å². The number of nitrogens with two attached hydrogens (primary N) is 1. The van der Waals surface area contributed by atoms with E-state index < -0.39 is 0 Å². The Hall–Kier alpha value is -0.340. The molecule has 22 heavy (non-hydrogen) atoms. The predicted molar refractivity (Wildman–Crippen MR) is 110 cm³/mol. The number of hydrogen-bond acceptors (Lipinski definition) is 3. The van der Waals surface area contributed by atoms with Crippen LogP contribution in [0.4, 0.5) is 5.69 Å². The van der Waals surface area contributed by atoms with Gasteiger partial charge in [-0.25, -0.2) is 0 Å². The first-order chi connectivity index (χ1) is 10.2. The highest BCUT2D eigenvalue weighted by molar-refractivity contribution is 14.0. The third kappa shape index (κ3) is 6.04. The molecule has 0 unspecified atom stereocenters. The number of aliphatic imine (C=N–C) groups is 1. The summed E-state index contributed by atoms with van der Waals surface area (Å²) in [5.74, 6) is 1.83. The minimum atomic E-state index is 0. The summed E-state index contributed by atoms with van der Waals surface area (Å²) >= 11 is 7.77. The fourth-order valence-corrected chi connectivity index (χ4v) is 2.89. The van der Waals surface area contributed by atoms with E-state index in [1.807, 2.05) is 23.9 Å². The summed E-state index contributed by atoms with van der Waals surface area (Å²) in [7, 11) is 0. The van der Waals surface area contributed by atoms with Crippen molar-refractivity contribution in [1.29, 1.82) is 0 Å². The lowest BCUT2D eigenvalue weighted by Crippen LogP contribution is -2.51. The van der Waals surface area contributed by atoms with Crippen molar-refractivity contribution in [3.63, 3.8) is 0 Å². The quantitative estimate of drug-likeness (QED) is 0.321. The molecule has 4 nitrogen and oxygen atoms in total. The fraction of sp³-hybridized carbons (Fsp3) is 0.533. The van der Waals surface area contributed by atoms with Crippen LogP contribution in [0.2, 0.25) is 5.02 Å². The molecule has 0 bridgehead atoms. The Morgan fingerprint density at radius 1 is 1.23 bits per heavy atom. The van der Waals surface area contributed by atoms with Crippen LogP contribution in [0.1, 0.15) is 6.42 Å². The van der Waals surface area contributed by atoms with E-state index in [1.54, 1.807) is 0 Å². The average molecular weight is 455 g/mol. The number of rotatable bonds is 5. The van der Waals surface area contributed by atoms with Crippen molar-refractivity contribution >= 4 is 59.0 Å². The first kappa shape index (κ1) is 19.7. The van der Waals surface area contributed by atoms with Crippen molar-refractivity contribution in [2.24, 2.45) is 10.7 Å². The maximum Gasteiger partial charge on any atom is 0.191 e. The maximum absolute atomic E-state index is 6.07. The van der Waals surface area contributed by atoms with E-state index in [-0.39, 0.29) is 24.0 Å². The van der Waals surface area contributed by atoms with Gasteiger partial charge < -0.3 is 15.5 Å². The lowest BCUT2D eigenvalue weighted by Gasteiger charge is -2.36.